The lowest BCUT2D eigenvalue weighted by Gasteiger charge is -2.14. The van der Waals surface area contributed by atoms with Crippen molar-refractivity contribution < 1.29 is 9.59 Å². The molecule has 0 atom stereocenters. The first kappa shape index (κ1) is 9.71. The molecule has 1 aromatic rings. The van der Waals surface area contributed by atoms with Crippen LogP contribution in [0.1, 0.15) is 10.4 Å². The van der Waals surface area contributed by atoms with E-state index in [-0.39, 0.29) is 18.4 Å². The Kier molecular flexibility index (Phi) is 2.41. The molecule has 1 heterocycles. The van der Waals surface area contributed by atoms with Crippen LogP contribution in [0.5, 0.6) is 0 Å². The Hall–Kier alpha value is -1.84. The Balaban J connectivity index is 2.14. The highest BCUT2D eigenvalue weighted by Crippen LogP contribution is 2.09. The number of likely N-dealkylation sites (N-methyl/N-ethyl adjacent to an activating group) is 1. The number of hydrogen-bond acceptors (Lipinski definition) is 2. The molecule has 0 saturated carbocycles. The molecule has 1 aliphatic rings. The summed E-state index contributed by atoms with van der Waals surface area (Å²) in [7, 11) is 1.70. The summed E-state index contributed by atoms with van der Waals surface area (Å²) in [5, 5.41) is 0. The highest BCUT2D eigenvalue weighted by Gasteiger charge is 2.28. The average molecular weight is 204 g/mol. The van der Waals surface area contributed by atoms with Crippen molar-refractivity contribution in [1.82, 2.24) is 9.80 Å². The topological polar surface area (TPSA) is 40.6 Å². The molecule has 1 saturated heterocycles. The second-order valence-electron chi connectivity index (χ2n) is 3.60. The highest BCUT2D eigenvalue weighted by atomic mass is 16.2. The fourth-order valence-electron chi connectivity index (χ4n) is 1.57. The van der Waals surface area contributed by atoms with Crippen LogP contribution in [0.2, 0.25) is 0 Å². The van der Waals surface area contributed by atoms with Crippen LogP contribution in [0, 0.1) is 0 Å². The monoisotopic (exact) mass is 204 g/mol. The molecule has 0 aliphatic carbocycles. The predicted octanol–water partition coefficient (Wildman–Crippen LogP) is 0.558. The zero-order valence-corrected chi connectivity index (χ0v) is 8.51. The number of benzene rings is 1. The average Bonchev–Trinajstić information content (AvgIpc) is 2.59. The summed E-state index contributed by atoms with van der Waals surface area (Å²) in [6, 6.07) is 9.00. The van der Waals surface area contributed by atoms with Crippen LogP contribution in [0.25, 0.3) is 0 Å². The van der Waals surface area contributed by atoms with Gasteiger partial charge in [-0.3, -0.25) is 9.59 Å². The van der Waals surface area contributed by atoms with Gasteiger partial charge in [-0.1, -0.05) is 18.2 Å². The van der Waals surface area contributed by atoms with E-state index in [0.29, 0.717) is 12.2 Å². The summed E-state index contributed by atoms with van der Waals surface area (Å²) in [4.78, 5) is 26.2. The quantitative estimate of drug-likeness (QED) is 0.670. The molecule has 2 rings (SSSR count). The van der Waals surface area contributed by atoms with Gasteiger partial charge in [0.1, 0.15) is 6.54 Å². The van der Waals surface area contributed by atoms with Crippen LogP contribution >= 0.6 is 0 Å². The fourth-order valence-corrected chi connectivity index (χ4v) is 1.57. The van der Waals surface area contributed by atoms with Crippen LogP contribution in [-0.2, 0) is 4.79 Å². The lowest BCUT2D eigenvalue weighted by molar-refractivity contribution is -0.125. The van der Waals surface area contributed by atoms with Crippen molar-refractivity contribution in [3.63, 3.8) is 0 Å². The van der Waals surface area contributed by atoms with Gasteiger partial charge in [0.05, 0.1) is 6.67 Å². The minimum Gasteiger partial charge on any atom is -0.326 e. The zero-order valence-electron chi connectivity index (χ0n) is 8.51. The molecule has 2 amide bonds. The third-order valence-electron chi connectivity index (χ3n) is 2.44. The third kappa shape index (κ3) is 1.83. The maximum Gasteiger partial charge on any atom is 0.255 e. The molecule has 4 heteroatoms. The summed E-state index contributed by atoms with van der Waals surface area (Å²) in [5.41, 5.74) is 0.626. The molecule has 1 aromatic carbocycles. The first-order chi connectivity index (χ1) is 7.18. The van der Waals surface area contributed by atoms with Crippen molar-refractivity contribution in [1.29, 1.82) is 0 Å². The van der Waals surface area contributed by atoms with E-state index in [1.165, 1.54) is 4.90 Å². The van der Waals surface area contributed by atoms with E-state index >= 15 is 0 Å². The van der Waals surface area contributed by atoms with E-state index in [4.69, 9.17) is 0 Å². The van der Waals surface area contributed by atoms with Crippen LogP contribution in [-0.4, -0.2) is 41.9 Å². The molecule has 15 heavy (non-hydrogen) atoms. The first-order valence-electron chi connectivity index (χ1n) is 4.77. The van der Waals surface area contributed by atoms with E-state index in [1.807, 2.05) is 18.2 Å². The van der Waals surface area contributed by atoms with Gasteiger partial charge < -0.3 is 9.80 Å². The molecule has 0 N–H and O–H groups in total. The number of amides is 2. The lowest BCUT2D eigenvalue weighted by Crippen LogP contribution is -2.29. The number of hydrogen-bond donors (Lipinski definition) is 0. The summed E-state index contributed by atoms with van der Waals surface area (Å²) in [6.07, 6.45) is 0. The van der Waals surface area contributed by atoms with E-state index in [9.17, 15) is 9.59 Å². The van der Waals surface area contributed by atoms with Gasteiger partial charge in [0, 0.05) is 12.6 Å². The molecule has 4 nitrogen and oxygen atoms in total. The molecular weight excluding hydrogens is 192 g/mol. The van der Waals surface area contributed by atoms with Crippen molar-refractivity contribution >= 4 is 11.8 Å². The van der Waals surface area contributed by atoms with Gasteiger partial charge in [0.25, 0.3) is 5.91 Å². The summed E-state index contributed by atoms with van der Waals surface area (Å²) in [5.74, 6) is -0.104. The van der Waals surface area contributed by atoms with E-state index < -0.39 is 0 Å². The minimum atomic E-state index is -0.0895. The fraction of sp³-hybridized carbons (Fsp3) is 0.273. The van der Waals surface area contributed by atoms with Crippen molar-refractivity contribution in [3.8, 4) is 0 Å². The first-order valence-corrected chi connectivity index (χ1v) is 4.77. The number of carbonyl (C=O) groups is 2. The Labute approximate surface area is 88.1 Å². The zero-order chi connectivity index (χ0) is 10.8. The second-order valence-corrected chi connectivity index (χ2v) is 3.60. The number of nitrogens with zero attached hydrogens (tertiary/aromatic N) is 2. The molecule has 1 aliphatic heterocycles. The molecule has 0 spiro atoms. The lowest BCUT2D eigenvalue weighted by atomic mass is 10.2. The minimum absolute atomic E-state index is 0.0146. The van der Waals surface area contributed by atoms with E-state index in [1.54, 1.807) is 24.1 Å². The smallest absolute Gasteiger partial charge is 0.255 e. The van der Waals surface area contributed by atoms with Gasteiger partial charge in [-0.05, 0) is 12.1 Å². The van der Waals surface area contributed by atoms with E-state index in [2.05, 4.69) is 0 Å². The van der Waals surface area contributed by atoms with Crippen molar-refractivity contribution in [3.05, 3.63) is 35.9 Å². The van der Waals surface area contributed by atoms with Crippen LogP contribution in [0.15, 0.2) is 30.3 Å². The van der Waals surface area contributed by atoms with Crippen molar-refractivity contribution in [2.24, 2.45) is 0 Å². The Morgan fingerprint density at radius 2 is 1.93 bits per heavy atom. The standard InChI is InChI=1S/C11H12N2O2/c1-12-8-13(7-10(12)14)11(15)9-5-3-2-4-6-9/h2-6H,7-8H2,1H3. The Morgan fingerprint density at radius 3 is 2.47 bits per heavy atom. The van der Waals surface area contributed by atoms with Crippen LogP contribution in [0.3, 0.4) is 0 Å². The maximum absolute atomic E-state index is 11.9. The van der Waals surface area contributed by atoms with Gasteiger partial charge in [0.2, 0.25) is 5.91 Å². The van der Waals surface area contributed by atoms with Gasteiger partial charge in [-0.2, -0.15) is 0 Å². The third-order valence-corrected chi connectivity index (χ3v) is 2.44. The summed E-state index contributed by atoms with van der Waals surface area (Å²) in [6.45, 7) is 0.566. The van der Waals surface area contributed by atoms with Gasteiger partial charge in [-0.25, -0.2) is 0 Å². The van der Waals surface area contributed by atoms with Gasteiger partial charge in [-0.15, -0.1) is 0 Å². The highest BCUT2D eigenvalue weighted by molar-refractivity contribution is 5.97. The molecule has 78 valence electrons. The summed E-state index contributed by atoms with van der Waals surface area (Å²) >= 11 is 0. The predicted molar refractivity (Wildman–Crippen MR) is 55.1 cm³/mol. The Bertz CT molecular complexity index is 389. The molecule has 0 aromatic heterocycles. The molecule has 0 unspecified atom stereocenters. The SMILES string of the molecule is CN1CN(C(=O)c2ccccc2)CC1=O. The van der Waals surface area contributed by atoms with E-state index in [0.717, 1.165) is 0 Å². The molecule has 0 bridgehead atoms. The molecular formula is C11H12N2O2. The molecule has 0 radical (unpaired) electrons. The van der Waals surface area contributed by atoms with Gasteiger partial charge >= 0.3 is 0 Å². The largest absolute Gasteiger partial charge is 0.326 e. The molecule has 1 fully saturated rings. The van der Waals surface area contributed by atoms with Gasteiger partial charge in [0.15, 0.2) is 0 Å². The van der Waals surface area contributed by atoms with Crippen molar-refractivity contribution in [2.45, 2.75) is 0 Å². The second kappa shape index (κ2) is 3.73. The maximum atomic E-state index is 11.9. The summed E-state index contributed by atoms with van der Waals surface area (Å²) < 4.78 is 0. The normalized spacial score (nSPS) is 15.9. The van der Waals surface area contributed by atoms with Crippen LogP contribution in [0.4, 0.5) is 0 Å². The Morgan fingerprint density at radius 1 is 1.27 bits per heavy atom. The number of carbonyl (C=O) groups excluding carboxylic acids is 2. The van der Waals surface area contributed by atoms with Crippen molar-refractivity contribution in [2.75, 3.05) is 20.3 Å². The van der Waals surface area contributed by atoms with Crippen LogP contribution < -0.4 is 0 Å². The number of rotatable bonds is 1.